The number of benzene rings is 2. The average Bonchev–Trinajstić information content (AvgIpc) is 3.05. The zero-order valence-electron chi connectivity index (χ0n) is 15.3. The van der Waals surface area contributed by atoms with Gasteiger partial charge in [-0.15, -0.1) is 11.3 Å². The number of amides is 1. The third kappa shape index (κ3) is 4.76. The molecule has 0 spiro atoms. The van der Waals surface area contributed by atoms with Gasteiger partial charge in [-0.25, -0.2) is 4.98 Å². The summed E-state index contributed by atoms with van der Waals surface area (Å²) >= 11 is 4.95. The normalized spacial score (nSPS) is 10.6. The number of carbonyl (C=O) groups is 1. The van der Waals surface area contributed by atoms with Crippen molar-refractivity contribution in [1.82, 2.24) is 4.98 Å². The van der Waals surface area contributed by atoms with E-state index < -0.39 is 0 Å². The monoisotopic (exact) mass is 444 g/mol. The second kappa shape index (κ2) is 9.15. The van der Waals surface area contributed by atoms with E-state index in [-0.39, 0.29) is 5.91 Å². The van der Waals surface area contributed by atoms with Crippen LogP contribution in [0.15, 0.2) is 53.0 Å². The van der Waals surface area contributed by atoms with Crippen molar-refractivity contribution in [2.24, 2.45) is 0 Å². The number of hydrogen-bond donors (Lipinski definition) is 1. The van der Waals surface area contributed by atoms with E-state index in [1.165, 1.54) is 16.2 Å². The van der Waals surface area contributed by atoms with Crippen molar-refractivity contribution in [1.29, 1.82) is 0 Å². The molecule has 0 aliphatic carbocycles. The second-order valence-corrected chi connectivity index (χ2v) is 7.87. The first kappa shape index (κ1) is 19.6. The number of rotatable bonds is 7. The topological polar surface area (TPSA) is 51.2 Å². The third-order valence-corrected chi connectivity index (χ3v) is 5.67. The highest BCUT2D eigenvalue weighted by molar-refractivity contribution is 9.10. The Hall–Kier alpha value is -2.18. The molecule has 0 saturated carbocycles. The largest absolute Gasteiger partial charge is 0.494 e. The summed E-state index contributed by atoms with van der Waals surface area (Å²) in [7, 11) is 0. The zero-order chi connectivity index (χ0) is 19.2. The minimum atomic E-state index is -0.169. The lowest BCUT2D eigenvalue weighted by Gasteiger charge is -2.05. The summed E-state index contributed by atoms with van der Waals surface area (Å²) in [6.45, 7) is 4.75. The lowest BCUT2D eigenvalue weighted by Crippen LogP contribution is -2.12. The number of halogens is 1. The molecule has 6 heteroatoms. The van der Waals surface area contributed by atoms with Gasteiger partial charge in [0, 0.05) is 14.9 Å². The molecule has 1 heterocycles. The van der Waals surface area contributed by atoms with Gasteiger partial charge >= 0.3 is 0 Å². The van der Waals surface area contributed by atoms with Gasteiger partial charge < -0.3 is 4.74 Å². The number of aryl methyl sites for hydroxylation is 1. The number of anilines is 1. The van der Waals surface area contributed by atoms with Gasteiger partial charge in [0.25, 0.3) is 5.91 Å². The van der Waals surface area contributed by atoms with E-state index in [0.29, 0.717) is 17.3 Å². The fourth-order valence-electron chi connectivity index (χ4n) is 2.71. The molecule has 1 amide bonds. The number of ether oxygens (including phenoxy) is 1. The summed E-state index contributed by atoms with van der Waals surface area (Å²) in [5, 5.41) is 3.55. The Morgan fingerprint density at radius 3 is 2.56 bits per heavy atom. The van der Waals surface area contributed by atoms with E-state index in [2.05, 4.69) is 28.2 Å². The fraction of sp³-hybridized carbons (Fsp3) is 0.238. The van der Waals surface area contributed by atoms with E-state index in [0.717, 1.165) is 34.3 Å². The molecular formula is C21H21BrN2O2S. The van der Waals surface area contributed by atoms with Crippen LogP contribution >= 0.6 is 27.3 Å². The van der Waals surface area contributed by atoms with Crippen LogP contribution in [-0.2, 0) is 6.42 Å². The molecule has 0 unspecified atom stereocenters. The minimum Gasteiger partial charge on any atom is -0.494 e. The van der Waals surface area contributed by atoms with Gasteiger partial charge in [-0.2, -0.15) is 0 Å². The SMILES string of the molecule is CCCc1sc(NC(=O)c2ccccc2Br)nc1-c1ccc(OCC)cc1. The van der Waals surface area contributed by atoms with Crippen molar-refractivity contribution in [2.45, 2.75) is 26.7 Å². The molecule has 1 N–H and O–H groups in total. The molecule has 0 aliphatic heterocycles. The van der Waals surface area contributed by atoms with Crippen LogP contribution in [0.5, 0.6) is 5.75 Å². The molecule has 27 heavy (non-hydrogen) atoms. The maximum atomic E-state index is 12.6. The molecule has 140 valence electrons. The first-order chi connectivity index (χ1) is 13.1. The number of aromatic nitrogens is 1. The summed E-state index contributed by atoms with van der Waals surface area (Å²) < 4.78 is 6.28. The molecule has 0 radical (unpaired) electrons. The molecule has 0 bridgehead atoms. The molecule has 0 saturated heterocycles. The highest BCUT2D eigenvalue weighted by Crippen LogP contribution is 2.33. The van der Waals surface area contributed by atoms with Crippen molar-refractivity contribution in [3.63, 3.8) is 0 Å². The number of carbonyl (C=O) groups excluding carboxylic acids is 1. The molecule has 4 nitrogen and oxygen atoms in total. The Morgan fingerprint density at radius 2 is 1.89 bits per heavy atom. The lowest BCUT2D eigenvalue weighted by atomic mass is 10.1. The number of nitrogens with zero attached hydrogens (tertiary/aromatic N) is 1. The summed E-state index contributed by atoms with van der Waals surface area (Å²) in [6, 6.07) is 15.3. The summed E-state index contributed by atoms with van der Waals surface area (Å²) in [4.78, 5) is 18.4. The first-order valence-corrected chi connectivity index (χ1v) is 10.5. The van der Waals surface area contributed by atoms with E-state index in [1.807, 2.05) is 49.4 Å². The standard InChI is InChI=1S/C21H21BrN2O2S/c1-3-7-18-19(14-10-12-15(13-11-14)26-4-2)23-21(27-18)24-20(25)16-8-5-6-9-17(16)22/h5-6,8-13H,3-4,7H2,1-2H3,(H,23,24,25). The minimum absolute atomic E-state index is 0.169. The van der Waals surface area contributed by atoms with Gasteiger partial charge in [0.15, 0.2) is 5.13 Å². The van der Waals surface area contributed by atoms with E-state index in [4.69, 9.17) is 9.72 Å². The smallest absolute Gasteiger partial charge is 0.258 e. The van der Waals surface area contributed by atoms with Gasteiger partial charge in [-0.1, -0.05) is 25.5 Å². The second-order valence-electron chi connectivity index (χ2n) is 5.93. The molecule has 3 rings (SSSR count). The Labute approximate surface area is 171 Å². The molecule has 0 atom stereocenters. The summed E-state index contributed by atoms with van der Waals surface area (Å²) in [5.41, 5.74) is 2.54. The quantitative estimate of drug-likeness (QED) is 0.473. The Balaban J connectivity index is 1.86. The van der Waals surface area contributed by atoms with Gasteiger partial charge in [0.05, 0.1) is 17.9 Å². The molecule has 0 aliphatic rings. The predicted octanol–water partition coefficient (Wildman–Crippen LogP) is 6.18. The van der Waals surface area contributed by atoms with Crippen molar-refractivity contribution in [3.05, 3.63) is 63.4 Å². The Morgan fingerprint density at radius 1 is 1.15 bits per heavy atom. The van der Waals surface area contributed by atoms with Crippen LogP contribution in [0.2, 0.25) is 0 Å². The highest BCUT2D eigenvalue weighted by atomic mass is 79.9. The van der Waals surface area contributed by atoms with Gasteiger partial charge in [-0.3, -0.25) is 10.1 Å². The molecule has 1 aromatic heterocycles. The number of thiazole rings is 1. The zero-order valence-corrected chi connectivity index (χ0v) is 17.7. The predicted molar refractivity (Wildman–Crippen MR) is 115 cm³/mol. The first-order valence-electron chi connectivity index (χ1n) is 8.91. The maximum Gasteiger partial charge on any atom is 0.258 e. The molecule has 0 fully saturated rings. The van der Waals surface area contributed by atoms with Crippen LogP contribution in [0.25, 0.3) is 11.3 Å². The van der Waals surface area contributed by atoms with Crippen LogP contribution < -0.4 is 10.1 Å². The van der Waals surface area contributed by atoms with Gasteiger partial charge in [0.2, 0.25) is 0 Å². The number of nitrogens with one attached hydrogen (secondary N) is 1. The van der Waals surface area contributed by atoms with E-state index >= 15 is 0 Å². The maximum absolute atomic E-state index is 12.6. The molecular weight excluding hydrogens is 424 g/mol. The lowest BCUT2D eigenvalue weighted by molar-refractivity contribution is 0.102. The van der Waals surface area contributed by atoms with Crippen LogP contribution in [0.1, 0.15) is 35.5 Å². The van der Waals surface area contributed by atoms with Crippen molar-refractivity contribution in [2.75, 3.05) is 11.9 Å². The Kier molecular flexibility index (Phi) is 6.63. The van der Waals surface area contributed by atoms with Crippen molar-refractivity contribution >= 4 is 38.3 Å². The third-order valence-electron chi connectivity index (χ3n) is 3.95. The van der Waals surface area contributed by atoms with Crippen LogP contribution in [0, 0.1) is 0 Å². The highest BCUT2D eigenvalue weighted by Gasteiger charge is 2.16. The van der Waals surface area contributed by atoms with Gasteiger partial charge in [-0.05, 0) is 65.7 Å². The van der Waals surface area contributed by atoms with Crippen LogP contribution in [-0.4, -0.2) is 17.5 Å². The summed E-state index contributed by atoms with van der Waals surface area (Å²) in [6.07, 6.45) is 1.94. The Bertz CT molecular complexity index is 922. The molecule has 3 aromatic rings. The average molecular weight is 445 g/mol. The fourth-order valence-corrected chi connectivity index (χ4v) is 4.26. The molecule has 2 aromatic carbocycles. The van der Waals surface area contributed by atoms with Crippen molar-refractivity contribution in [3.8, 4) is 17.0 Å². The van der Waals surface area contributed by atoms with E-state index in [1.54, 1.807) is 6.07 Å². The van der Waals surface area contributed by atoms with Crippen molar-refractivity contribution < 1.29 is 9.53 Å². The van der Waals surface area contributed by atoms with Crippen LogP contribution in [0.4, 0.5) is 5.13 Å². The number of hydrogen-bond acceptors (Lipinski definition) is 4. The van der Waals surface area contributed by atoms with Gasteiger partial charge in [0.1, 0.15) is 5.75 Å². The van der Waals surface area contributed by atoms with E-state index in [9.17, 15) is 4.79 Å². The summed E-state index contributed by atoms with van der Waals surface area (Å²) in [5.74, 6) is 0.675. The van der Waals surface area contributed by atoms with Crippen LogP contribution in [0.3, 0.4) is 0 Å².